The number of fused-ring (bicyclic) bond motifs is 1. The van der Waals surface area contributed by atoms with E-state index in [1.165, 1.54) is 50.9 Å². The van der Waals surface area contributed by atoms with Gasteiger partial charge in [-0.15, -0.1) is 0 Å². The molecule has 0 N–H and O–H groups in total. The molecule has 1 aliphatic carbocycles. The highest BCUT2D eigenvalue weighted by atomic mass is 15.7. The van der Waals surface area contributed by atoms with Gasteiger partial charge in [0.1, 0.15) is 11.7 Å². The first-order chi connectivity index (χ1) is 9.41. The van der Waals surface area contributed by atoms with Gasteiger partial charge >= 0.3 is 0 Å². The fourth-order valence-electron chi connectivity index (χ4n) is 3.99. The van der Waals surface area contributed by atoms with Crippen LogP contribution in [0.4, 0.5) is 5.69 Å². The van der Waals surface area contributed by atoms with Gasteiger partial charge in [0.05, 0.1) is 5.69 Å². The first-order valence-corrected chi connectivity index (χ1v) is 7.42. The zero-order chi connectivity index (χ0) is 12.7. The molecule has 100 valence electrons. The van der Waals surface area contributed by atoms with Crippen molar-refractivity contribution in [3.8, 4) is 0 Å². The molecule has 3 aliphatic rings. The Hall–Kier alpha value is -1.42. The predicted molar refractivity (Wildman–Crippen MR) is 75.0 cm³/mol. The van der Waals surface area contributed by atoms with E-state index in [4.69, 9.17) is 0 Å². The summed E-state index contributed by atoms with van der Waals surface area (Å²) in [5.41, 5.74) is 1.22. The van der Waals surface area contributed by atoms with E-state index in [1.54, 1.807) is 0 Å². The summed E-state index contributed by atoms with van der Waals surface area (Å²) in [7, 11) is 0. The maximum absolute atomic E-state index is 4.58. The van der Waals surface area contributed by atoms with E-state index in [0.29, 0.717) is 6.04 Å². The number of hydrogen-bond acceptors (Lipinski definition) is 4. The van der Waals surface area contributed by atoms with Gasteiger partial charge < -0.3 is 0 Å². The second-order valence-corrected chi connectivity index (χ2v) is 5.83. The lowest BCUT2D eigenvalue weighted by Crippen LogP contribution is -2.59. The summed E-state index contributed by atoms with van der Waals surface area (Å²) in [5.74, 6) is 0. The van der Waals surface area contributed by atoms with E-state index in [-0.39, 0.29) is 5.66 Å². The van der Waals surface area contributed by atoms with Crippen molar-refractivity contribution in [1.82, 2.24) is 4.90 Å². The fraction of sp³-hybridized carbons (Fsp3) is 0.600. The van der Waals surface area contributed by atoms with E-state index in [9.17, 15) is 0 Å². The van der Waals surface area contributed by atoms with E-state index in [1.807, 2.05) is 0 Å². The largest absolute Gasteiger partial charge is 0.277 e. The minimum Gasteiger partial charge on any atom is -0.277 e. The van der Waals surface area contributed by atoms with E-state index < -0.39 is 0 Å². The number of benzene rings is 1. The van der Waals surface area contributed by atoms with Gasteiger partial charge in [0, 0.05) is 13.1 Å². The third-order valence-electron chi connectivity index (χ3n) is 4.86. The summed E-state index contributed by atoms with van der Waals surface area (Å²) >= 11 is 0. The molecule has 4 heteroatoms. The smallest absolute Gasteiger partial charge is 0.141 e. The van der Waals surface area contributed by atoms with Crippen molar-refractivity contribution in [1.29, 1.82) is 0 Å². The molecule has 1 saturated carbocycles. The summed E-state index contributed by atoms with van der Waals surface area (Å²) in [6.45, 7) is 2.40. The van der Waals surface area contributed by atoms with Gasteiger partial charge in [-0.3, -0.25) is 4.90 Å². The molecule has 2 atom stereocenters. The van der Waals surface area contributed by atoms with Crippen molar-refractivity contribution in [2.24, 2.45) is 10.3 Å². The Balaban J connectivity index is 1.75. The normalized spacial score (nSPS) is 34.1. The number of anilines is 1. The van der Waals surface area contributed by atoms with Crippen molar-refractivity contribution in [2.45, 2.75) is 43.8 Å². The average molecular weight is 256 g/mol. The molecule has 0 spiro atoms. The van der Waals surface area contributed by atoms with Crippen molar-refractivity contribution < 1.29 is 0 Å². The van der Waals surface area contributed by atoms with E-state index in [0.717, 1.165) is 0 Å². The van der Waals surface area contributed by atoms with Crippen LogP contribution in [0.15, 0.2) is 40.7 Å². The Kier molecular flexibility index (Phi) is 2.58. The molecule has 4 rings (SSSR count). The highest BCUT2D eigenvalue weighted by Gasteiger charge is 2.56. The van der Waals surface area contributed by atoms with Gasteiger partial charge in [-0.2, -0.15) is 5.11 Å². The van der Waals surface area contributed by atoms with Crippen LogP contribution in [0.5, 0.6) is 0 Å². The fourth-order valence-corrected chi connectivity index (χ4v) is 3.99. The minimum atomic E-state index is 0.0395. The molecule has 0 amide bonds. The van der Waals surface area contributed by atoms with Gasteiger partial charge in [-0.1, -0.05) is 23.4 Å². The van der Waals surface area contributed by atoms with Crippen LogP contribution in [-0.2, 0) is 0 Å². The summed E-state index contributed by atoms with van der Waals surface area (Å²) in [5, 5.41) is 11.3. The lowest BCUT2D eigenvalue weighted by atomic mass is 10.0. The maximum Gasteiger partial charge on any atom is 0.141 e. The molecular weight excluding hydrogens is 236 g/mol. The lowest BCUT2D eigenvalue weighted by Gasteiger charge is -2.43. The molecule has 1 aromatic carbocycles. The van der Waals surface area contributed by atoms with Crippen molar-refractivity contribution in [2.75, 3.05) is 18.1 Å². The second kappa shape index (κ2) is 4.30. The minimum absolute atomic E-state index is 0.0395. The molecule has 0 radical (unpaired) electrons. The van der Waals surface area contributed by atoms with Crippen LogP contribution in [-0.4, -0.2) is 29.7 Å². The number of rotatable bonds is 2. The highest BCUT2D eigenvalue weighted by Crippen LogP contribution is 2.47. The maximum atomic E-state index is 4.58. The van der Waals surface area contributed by atoms with Gasteiger partial charge in [-0.05, 0) is 44.2 Å². The predicted octanol–water partition coefficient (Wildman–Crippen LogP) is 3.22. The molecule has 0 bridgehead atoms. The molecule has 1 aromatic rings. The quantitative estimate of drug-likeness (QED) is 0.813. The van der Waals surface area contributed by atoms with Gasteiger partial charge in [0.15, 0.2) is 0 Å². The van der Waals surface area contributed by atoms with Gasteiger partial charge in [0.2, 0.25) is 0 Å². The molecule has 2 heterocycles. The van der Waals surface area contributed by atoms with Crippen molar-refractivity contribution >= 4 is 5.69 Å². The standard InChI is InChI=1S/C15H20N4/c1-2-7-13(8-3-1)19-15(18-11-4-5-12-18)10-6-9-14(15)16-17-19/h1-3,7-8,14H,4-6,9-12H2/t14-,15+/m0/s1. The molecule has 0 aromatic heterocycles. The Morgan fingerprint density at radius 1 is 1.05 bits per heavy atom. The molecule has 0 unspecified atom stereocenters. The van der Waals surface area contributed by atoms with Crippen LogP contribution < -0.4 is 5.01 Å². The first kappa shape index (κ1) is 11.4. The molecular formula is C15H20N4. The zero-order valence-electron chi connectivity index (χ0n) is 11.2. The van der Waals surface area contributed by atoms with Crippen molar-refractivity contribution in [3.63, 3.8) is 0 Å². The van der Waals surface area contributed by atoms with Gasteiger partial charge in [-0.25, -0.2) is 5.01 Å². The molecule has 4 nitrogen and oxygen atoms in total. The number of para-hydroxylation sites is 1. The number of likely N-dealkylation sites (tertiary alicyclic amines) is 1. The van der Waals surface area contributed by atoms with Crippen LogP contribution in [0.1, 0.15) is 32.1 Å². The monoisotopic (exact) mass is 256 g/mol. The molecule has 2 fully saturated rings. The topological polar surface area (TPSA) is 31.2 Å². The highest BCUT2D eigenvalue weighted by molar-refractivity contribution is 5.49. The third-order valence-corrected chi connectivity index (χ3v) is 4.86. The van der Waals surface area contributed by atoms with E-state index in [2.05, 4.69) is 50.6 Å². The Morgan fingerprint density at radius 2 is 1.84 bits per heavy atom. The summed E-state index contributed by atoms with van der Waals surface area (Å²) in [6, 6.07) is 10.9. The van der Waals surface area contributed by atoms with E-state index >= 15 is 0 Å². The molecule has 1 saturated heterocycles. The zero-order valence-corrected chi connectivity index (χ0v) is 11.2. The molecule has 19 heavy (non-hydrogen) atoms. The van der Waals surface area contributed by atoms with Crippen LogP contribution in [0.2, 0.25) is 0 Å². The van der Waals surface area contributed by atoms with Gasteiger partial charge in [0.25, 0.3) is 0 Å². The Morgan fingerprint density at radius 3 is 2.63 bits per heavy atom. The summed E-state index contributed by atoms with van der Waals surface area (Å²) < 4.78 is 0. The lowest BCUT2D eigenvalue weighted by molar-refractivity contribution is 0.118. The van der Waals surface area contributed by atoms with Crippen LogP contribution in [0.25, 0.3) is 0 Å². The number of nitrogens with zero attached hydrogens (tertiary/aromatic N) is 4. The third kappa shape index (κ3) is 1.56. The van der Waals surface area contributed by atoms with Crippen LogP contribution in [0.3, 0.4) is 0 Å². The Labute approximate surface area is 114 Å². The van der Waals surface area contributed by atoms with Crippen molar-refractivity contribution in [3.05, 3.63) is 30.3 Å². The van der Waals surface area contributed by atoms with Crippen LogP contribution >= 0.6 is 0 Å². The summed E-state index contributed by atoms with van der Waals surface area (Å²) in [4.78, 5) is 2.64. The first-order valence-electron chi connectivity index (χ1n) is 7.42. The number of hydrogen-bond donors (Lipinski definition) is 0. The molecule has 2 aliphatic heterocycles. The Bertz CT molecular complexity index is 480. The van der Waals surface area contributed by atoms with Crippen LogP contribution in [0, 0.1) is 0 Å². The second-order valence-electron chi connectivity index (χ2n) is 5.83. The average Bonchev–Trinajstić information content (AvgIpc) is 3.15. The SMILES string of the molecule is c1ccc(N2N=N[C@H]3CCC[C@]32N2CCCC2)cc1. The summed E-state index contributed by atoms with van der Waals surface area (Å²) in [6.07, 6.45) is 6.28.